The molecule has 0 aliphatic carbocycles. The highest BCUT2D eigenvalue weighted by atomic mass is 35.5. The fourth-order valence-corrected chi connectivity index (χ4v) is 2.47. The van der Waals surface area contributed by atoms with Gasteiger partial charge in [-0.3, -0.25) is 0 Å². The maximum absolute atomic E-state index is 6.13. The van der Waals surface area contributed by atoms with Gasteiger partial charge < -0.3 is 15.6 Å². The summed E-state index contributed by atoms with van der Waals surface area (Å²) in [6.45, 7) is 2.87. The number of rotatable bonds is 5. The zero-order valence-corrected chi connectivity index (χ0v) is 12.1. The Morgan fingerprint density at radius 1 is 1.58 bits per heavy atom. The molecule has 1 atom stereocenters. The molecule has 100 valence electrons. The Morgan fingerprint density at radius 3 is 3.00 bits per heavy atom. The van der Waals surface area contributed by atoms with Crippen molar-refractivity contribution in [2.45, 2.75) is 19.5 Å². The van der Waals surface area contributed by atoms with Crippen LogP contribution in [0.15, 0.2) is 36.9 Å². The summed E-state index contributed by atoms with van der Waals surface area (Å²) in [6, 6.07) is 5.77. The van der Waals surface area contributed by atoms with E-state index in [0.29, 0.717) is 15.6 Å². The average molecular weight is 295 g/mol. The SMILES string of the molecule is CC(Cn1ccnc1)Nc1cccc(Cl)c1C(N)=S. The van der Waals surface area contributed by atoms with Crippen molar-refractivity contribution in [2.24, 2.45) is 5.73 Å². The summed E-state index contributed by atoms with van der Waals surface area (Å²) in [5, 5.41) is 3.93. The van der Waals surface area contributed by atoms with Gasteiger partial charge in [0.1, 0.15) is 4.99 Å². The number of nitrogens with one attached hydrogen (secondary N) is 1. The number of nitrogens with zero attached hydrogens (tertiary/aromatic N) is 2. The van der Waals surface area contributed by atoms with Crippen molar-refractivity contribution in [1.29, 1.82) is 0 Å². The number of hydrogen-bond acceptors (Lipinski definition) is 3. The molecule has 1 aromatic carbocycles. The van der Waals surface area contributed by atoms with E-state index in [4.69, 9.17) is 29.6 Å². The van der Waals surface area contributed by atoms with Crippen molar-refractivity contribution in [3.05, 3.63) is 47.5 Å². The highest BCUT2D eigenvalue weighted by Crippen LogP contribution is 2.24. The van der Waals surface area contributed by atoms with E-state index in [1.165, 1.54) is 0 Å². The Balaban J connectivity index is 2.14. The summed E-state index contributed by atoms with van der Waals surface area (Å²) < 4.78 is 2.00. The summed E-state index contributed by atoms with van der Waals surface area (Å²) >= 11 is 11.2. The monoisotopic (exact) mass is 294 g/mol. The van der Waals surface area contributed by atoms with Gasteiger partial charge in [-0.1, -0.05) is 29.9 Å². The number of aromatic nitrogens is 2. The number of anilines is 1. The van der Waals surface area contributed by atoms with Gasteiger partial charge in [0.15, 0.2) is 0 Å². The van der Waals surface area contributed by atoms with E-state index in [1.807, 2.05) is 22.9 Å². The molecule has 19 heavy (non-hydrogen) atoms. The van der Waals surface area contributed by atoms with E-state index in [9.17, 15) is 0 Å². The zero-order chi connectivity index (χ0) is 13.8. The minimum absolute atomic E-state index is 0.195. The Bertz CT molecular complexity index is 568. The number of imidazole rings is 1. The van der Waals surface area contributed by atoms with Crippen LogP contribution in [0.1, 0.15) is 12.5 Å². The Kier molecular flexibility index (Phi) is 4.39. The molecule has 6 heteroatoms. The van der Waals surface area contributed by atoms with Crippen molar-refractivity contribution in [1.82, 2.24) is 9.55 Å². The van der Waals surface area contributed by atoms with E-state index in [-0.39, 0.29) is 6.04 Å². The molecule has 0 spiro atoms. The third-order valence-corrected chi connectivity index (χ3v) is 3.22. The lowest BCUT2D eigenvalue weighted by molar-refractivity contribution is 0.619. The first-order valence-electron chi connectivity index (χ1n) is 5.88. The Hall–Kier alpha value is -1.59. The van der Waals surface area contributed by atoms with Gasteiger partial charge >= 0.3 is 0 Å². The lowest BCUT2D eigenvalue weighted by Crippen LogP contribution is -2.23. The van der Waals surface area contributed by atoms with Gasteiger partial charge in [-0.25, -0.2) is 4.98 Å². The second-order valence-electron chi connectivity index (χ2n) is 4.33. The van der Waals surface area contributed by atoms with Gasteiger partial charge in [0, 0.05) is 30.7 Å². The first kappa shape index (κ1) is 13.8. The molecule has 1 heterocycles. The molecule has 2 aromatic rings. The molecule has 2 rings (SSSR count). The molecule has 4 nitrogen and oxygen atoms in total. The fourth-order valence-electron chi connectivity index (χ4n) is 1.92. The fraction of sp³-hybridized carbons (Fsp3) is 0.231. The second-order valence-corrected chi connectivity index (χ2v) is 5.18. The molecular weight excluding hydrogens is 280 g/mol. The number of hydrogen-bond donors (Lipinski definition) is 2. The Morgan fingerprint density at radius 2 is 2.37 bits per heavy atom. The van der Waals surface area contributed by atoms with Crippen molar-refractivity contribution in [3.8, 4) is 0 Å². The molecule has 1 aromatic heterocycles. The van der Waals surface area contributed by atoms with Gasteiger partial charge in [-0.15, -0.1) is 0 Å². The van der Waals surface area contributed by atoms with Crippen LogP contribution in [0.2, 0.25) is 5.02 Å². The summed E-state index contributed by atoms with van der Waals surface area (Å²) in [6.07, 6.45) is 5.46. The van der Waals surface area contributed by atoms with Crippen LogP contribution in [0.3, 0.4) is 0 Å². The molecule has 0 aliphatic rings. The maximum atomic E-state index is 6.13. The summed E-state index contributed by atoms with van der Waals surface area (Å²) in [5.41, 5.74) is 7.26. The number of nitrogens with two attached hydrogens (primary N) is 1. The van der Waals surface area contributed by atoms with E-state index in [1.54, 1.807) is 18.6 Å². The molecule has 0 saturated heterocycles. The van der Waals surface area contributed by atoms with Crippen LogP contribution in [0.5, 0.6) is 0 Å². The minimum Gasteiger partial charge on any atom is -0.389 e. The normalized spacial score (nSPS) is 12.1. The molecule has 0 radical (unpaired) electrons. The van der Waals surface area contributed by atoms with Crippen molar-refractivity contribution in [2.75, 3.05) is 5.32 Å². The first-order chi connectivity index (χ1) is 9.08. The molecule has 0 saturated carbocycles. The van der Waals surface area contributed by atoms with Gasteiger partial charge in [0.25, 0.3) is 0 Å². The van der Waals surface area contributed by atoms with Gasteiger partial charge in [0.05, 0.1) is 16.9 Å². The molecule has 0 amide bonds. The third-order valence-electron chi connectivity index (χ3n) is 2.71. The summed E-state index contributed by atoms with van der Waals surface area (Å²) in [4.78, 5) is 4.31. The van der Waals surface area contributed by atoms with Crippen LogP contribution in [0.4, 0.5) is 5.69 Å². The van der Waals surface area contributed by atoms with Crippen LogP contribution in [0, 0.1) is 0 Å². The average Bonchev–Trinajstić information content (AvgIpc) is 2.81. The third kappa shape index (κ3) is 3.45. The summed E-state index contributed by atoms with van der Waals surface area (Å²) in [7, 11) is 0. The molecule has 0 bridgehead atoms. The van der Waals surface area contributed by atoms with Gasteiger partial charge in [0.2, 0.25) is 0 Å². The van der Waals surface area contributed by atoms with Crippen LogP contribution < -0.4 is 11.1 Å². The largest absolute Gasteiger partial charge is 0.389 e. The number of thiocarbonyl (C=S) groups is 1. The van der Waals surface area contributed by atoms with Gasteiger partial charge in [-0.2, -0.15) is 0 Å². The van der Waals surface area contributed by atoms with Crippen LogP contribution in [-0.2, 0) is 6.54 Å². The number of benzene rings is 1. The van der Waals surface area contributed by atoms with Crippen LogP contribution in [-0.4, -0.2) is 20.6 Å². The lowest BCUT2D eigenvalue weighted by Gasteiger charge is -2.18. The highest BCUT2D eigenvalue weighted by Gasteiger charge is 2.11. The Labute approximate surface area is 122 Å². The van der Waals surface area contributed by atoms with E-state index in [0.717, 1.165) is 12.2 Å². The molecule has 1 unspecified atom stereocenters. The molecule has 3 N–H and O–H groups in total. The predicted molar refractivity (Wildman–Crippen MR) is 82.7 cm³/mol. The van der Waals surface area contributed by atoms with E-state index in [2.05, 4.69) is 17.2 Å². The zero-order valence-electron chi connectivity index (χ0n) is 10.5. The van der Waals surface area contributed by atoms with Crippen molar-refractivity contribution in [3.63, 3.8) is 0 Å². The highest BCUT2D eigenvalue weighted by molar-refractivity contribution is 7.80. The quantitative estimate of drug-likeness (QED) is 0.833. The molecule has 0 aliphatic heterocycles. The molecule has 0 fully saturated rings. The minimum atomic E-state index is 0.195. The van der Waals surface area contributed by atoms with Gasteiger partial charge in [-0.05, 0) is 19.1 Å². The topological polar surface area (TPSA) is 55.9 Å². The lowest BCUT2D eigenvalue weighted by atomic mass is 10.1. The van der Waals surface area contributed by atoms with E-state index >= 15 is 0 Å². The first-order valence-corrected chi connectivity index (χ1v) is 6.67. The van der Waals surface area contributed by atoms with Crippen LogP contribution >= 0.6 is 23.8 Å². The molecular formula is C13H15ClN4S. The maximum Gasteiger partial charge on any atom is 0.107 e. The predicted octanol–water partition coefficient (Wildman–Crippen LogP) is 2.67. The smallest absolute Gasteiger partial charge is 0.107 e. The second kappa shape index (κ2) is 6.04. The van der Waals surface area contributed by atoms with Crippen LogP contribution in [0.25, 0.3) is 0 Å². The number of halogens is 1. The van der Waals surface area contributed by atoms with E-state index < -0.39 is 0 Å². The summed E-state index contributed by atoms with van der Waals surface area (Å²) in [5.74, 6) is 0. The van der Waals surface area contributed by atoms with Crippen molar-refractivity contribution < 1.29 is 0 Å². The standard InChI is InChI=1S/C13H15ClN4S/c1-9(7-18-6-5-16-8-18)17-11-4-2-3-10(14)12(11)13(15)19/h2-6,8-9,17H,7H2,1H3,(H2,15,19). The van der Waals surface area contributed by atoms with Crippen molar-refractivity contribution >= 4 is 34.5 Å².